The molecule has 0 amide bonds. The number of para-hydroxylation sites is 2. The second-order valence-corrected chi connectivity index (χ2v) is 24.0. The highest BCUT2D eigenvalue weighted by Gasteiger charge is 2.17. The second-order valence-electron chi connectivity index (χ2n) is 23.2. The molecule has 4 heterocycles. The van der Waals surface area contributed by atoms with E-state index in [0.717, 1.165) is 156 Å². The summed E-state index contributed by atoms with van der Waals surface area (Å²) in [6.07, 6.45) is 3.65. The fraction of sp³-hybridized carbons (Fsp3) is 0.0222. The lowest BCUT2D eigenvalue weighted by atomic mass is 9.90. The summed E-state index contributed by atoms with van der Waals surface area (Å²) in [5.74, 6) is 0. The summed E-state index contributed by atoms with van der Waals surface area (Å²) in [5.41, 5.74) is 28.2. The Morgan fingerprint density at radius 2 is 0.438 bits per heavy atom. The van der Waals surface area contributed by atoms with Crippen molar-refractivity contribution in [3.05, 3.63) is 362 Å². The van der Waals surface area contributed by atoms with E-state index >= 15 is 0 Å². The number of halogens is 2. The third kappa shape index (κ3) is 13.6. The molecule has 0 saturated carbocycles. The highest BCUT2D eigenvalue weighted by atomic mass is 35.5. The van der Waals surface area contributed by atoms with Gasteiger partial charge in [-0.15, -0.1) is 0 Å². The first kappa shape index (κ1) is 61.8. The first-order chi connectivity index (χ1) is 47.4. The van der Waals surface area contributed by atoms with Crippen LogP contribution in [-0.2, 0) is 0 Å². The molecule has 0 spiro atoms. The summed E-state index contributed by atoms with van der Waals surface area (Å²) in [6, 6.07) is 118. The molecule has 0 bridgehead atoms. The Morgan fingerprint density at radius 3 is 0.719 bits per heavy atom. The monoisotopic (exact) mass is 1270 g/mol. The maximum Gasteiger partial charge on any atom is 0.0709 e. The predicted molar refractivity (Wildman–Crippen MR) is 406 cm³/mol. The van der Waals surface area contributed by atoms with Crippen LogP contribution in [0.5, 0.6) is 0 Å². The Hall–Kier alpha value is -11.7. The van der Waals surface area contributed by atoms with E-state index in [0.29, 0.717) is 10.0 Å². The Kier molecular flexibility index (Phi) is 18.5. The predicted octanol–water partition coefficient (Wildman–Crippen LogP) is 25.6. The SMILES string of the molecule is CC.Clc1cc(-c2ccccc2-c2ccc(-c3ccc4ccccc4n3)cc2)cc(-c2ccccc2-c2ccc(-c3ccc4ccccc4n3)cc2)c1.Clc1cc(-c2ccccc2-c2ccc(-c3ccccn3)cc2)cc(-c2ccccc2-c2ccc(-c3ccccn3)cc2)c1. The minimum absolute atomic E-state index is 0.697. The lowest BCUT2D eigenvalue weighted by Gasteiger charge is -2.15. The van der Waals surface area contributed by atoms with Crippen molar-refractivity contribution >= 4 is 45.0 Å². The van der Waals surface area contributed by atoms with E-state index in [2.05, 4.69) is 289 Å². The number of nitrogens with zero attached hydrogens (tertiary/aromatic N) is 4. The van der Waals surface area contributed by atoms with E-state index in [1.54, 1.807) is 0 Å². The summed E-state index contributed by atoms with van der Waals surface area (Å²) in [4.78, 5) is 18.8. The molecule has 458 valence electrons. The fourth-order valence-corrected chi connectivity index (χ4v) is 13.0. The smallest absolute Gasteiger partial charge is 0.0709 e. The summed E-state index contributed by atoms with van der Waals surface area (Å²) in [6.45, 7) is 4.00. The van der Waals surface area contributed by atoms with Gasteiger partial charge in [0.05, 0.1) is 33.8 Å². The van der Waals surface area contributed by atoms with Gasteiger partial charge in [0.15, 0.2) is 0 Å². The summed E-state index contributed by atoms with van der Waals surface area (Å²) >= 11 is 13.7. The molecule has 0 aliphatic rings. The van der Waals surface area contributed by atoms with Crippen molar-refractivity contribution in [2.75, 3.05) is 0 Å². The van der Waals surface area contributed by atoms with Gasteiger partial charge < -0.3 is 0 Å². The van der Waals surface area contributed by atoms with E-state index < -0.39 is 0 Å². The van der Waals surface area contributed by atoms with Gasteiger partial charge in [0.2, 0.25) is 0 Å². The number of hydrogen-bond acceptors (Lipinski definition) is 4. The zero-order valence-corrected chi connectivity index (χ0v) is 54.5. The van der Waals surface area contributed by atoms with Crippen LogP contribution in [0.25, 0.3) is 156 Å². The van der Waals surface area contributed by atoms with E-state index in [1.165, 1.54) is 0 Å². The topological polar surface area (TPSA) is 51.6 Å². The summed E-state index contributed by atoms with van der Waals surface area (Å²) in [7, 11) is 0. The quantitative estimate of drug-likeness (QED) is 0.122. The minimum Gasteiger partial charge on any atom is -0.256 e. The molecule has 0 aliphatic heterocycles. The van der Waals surface area contributed by atoms with Gasteiger partial charge in [0, 0.05) is 55.5 Å². The van der Waals surface area contributed by atoms with E-state index in [-0.39, 0.29) is 0 Å². The Bertz CT molecular complexity index is 5040. The highest BCUT2D eigenvalue weighted by Crippen LogP contribution is 2.43. The Morgan fingerprint density at radius 1 is 0.198 bits per heavy atom. The largest absolute Gasteiger partial charge is 0.256 e. The van der Waals surface area contributed by atoms with Gasteiger partial charge in [-0.1, -0.05) is 292 Å². The van der Waals surface area contributed by atoms with Crippen LogP contribution in [0.4, 0.5) is 0 Å². The summed E-state index contributed by atoms with van der Waals surface area (Å²) < 4.78 is 0. The Balaban J connectivity index is 0.000000163. The molecule has 16 aromatic rings. The third-order valence-electron chi connectivity index (χ3n) is 17.2. The van der Waals surface area contributed by atoms with Gasteiger partial charge >= 0.3 is 0 Å². The van der Waals surface area contributed by atoms with Crippen LogP contribution in [0.15, 0.2) is 352 Å². The van der Waals surface area contributed by atoms with Gasteiger partial charge in [-0.2, -0.15) is 0 Å². The minimum atomic E-state index is 0.697. The van der Waals surface area contributed by atoms with Crippen molar-refractivity contribution in [2.45, 2.75) is 13.8 Å². The molecule has 4 nitrogen and oxygen atoms in total. The standard InChI is InChI=1S/C48H31ClN2.C40H27ClN2.C2H6/c49-40-30-38(43-13-5-3-11-41(43)32-17-21-36(22-18-32)47-27-25-34-9-1-7-15-45(34)50-47)29-39(31-40)44-14-6-4-12-42(44)33-19-23-37(24-20-33)48-28-26-35-10-2-8-16-46(35)51-48;41-34-26-32(37-11-3-1-9-35(37)28-15-19-30(20-16-28)39-13-5-7-23-42-39)25-33(27-34)38-12-4-2-10-36(38)29-17-21-31(22-18-29)40-14-6-8-24-43-40;1-2/h1-31H;1-27H;1-2H3. The van der Waals surface area contributed by atoms with Crippen molar-refractivity contribution in [1.29, 1.82) is 0 Å². The van der Waals surface area contributed by atoms with Crippen LogP contribution < -0.4 is 0 Å². The van der Waals surface area contributed by atoms with E-state index in [9.17, 15) is 0 Å². The van der Waals surface area contributed by atoms with Crippen LogP contribution in [0.1, 0.15) is 13.8 Å². The van der Waals surface area contributed by atoms with Gasteiger partial charge in [0.1, 0.15) is 0 Å². The van der Waals surface area contributed by atoms with Gasteiger partial charge in [0.25, 0.3) is 0 Å². The number of rotatable bonds is 12. The molecule has 4 aromatic heterocycles. The molecule has 0 N–H and O–H groups in total. The number of fused-ring (bicyclic) bond motifs is 2. The molecule has 0 saturated heterocycles. The number of hydrogen-bond donors (Lipinski definition) is 0. The van der Waals surface area contributed by atoms with Gasteiger partial charge in [-0.05, 0) is 174 Å². The molecule has 0 atom stereocenters. The van der Waals surface area contributed by atoms with Crippen LogP contribution in [0.2, 0.25) is 10.0 Å². The molecule has 16 rings (SSSR count). The van der Waals surface area contributed by atoms with Crippen LogP contribution in [-0.4, -0.2) is 19.9 Å². The maximum atomic E-state index is 6.89. The molecule has 0 fully saturated rings. The van der Waals surface area contributed by atoms with Crippen molar-refractivity contribution in [1.82, 2.24) is 19.9 Å². The molecular formula is C90H64Cl2N4. The molecule has 12 aromatic carbocycles. The van der Waals surface area contributed by atoms with Crippen LogP contribution in [0.3, 0.4) is 0 Å². The first-order valence-electron chi connectivity index (χ1n) is 32.3. The van der Waals surface area contributed by atoms with Crippen molar-refractivity contribution in [3.8, 4) is 134 Å². The highest BCUT2D eigenvalue weighted by molar-refractivity contribution is 6.31. The van der Waals surface area contributed by atoms with Gasteiger partial charge in [-0.3, -0.25) is 9.97 Å². The van der Waals surface area contributed by atoms with Gasteiger partial charge in [-0.25, -0.2) is 9.97 Å². The number of aromatic nitrogens is 4. The zero-order valence-electron chi connectivity index (χ0n) is 53.0. The van der Waals surface area contributed by atoms with Crippen molar-refractivity contribution in [3.63, 3.8) is 0 Å². The average Bonchev–Trinajstić information content (AvgIpc) is 0.963. The lowest BCUT2D eigenvalue weighted by molar-refractivity contribution is 1.33. The van der Waals surface area contributed by atoms with Crippen LogP contribution in [0, 0.1) is 0 Å². The average molecular weight is 1270 g/mol. The molecule has 0 radical (unpaired) electrons. The molecule has 0 aliphatic carbocycles. The molecule has 96 heavy (non-hydrogen) atoms. The maximum absolute atomic E-state index is 6.89. The normalized spacial score (nSPS) is 10.9. The van der Waals surface area contributed by atoms with E-state index in [4.69, 9.17) is 33.2 Å². The van der Waals surface area contributed by atoms with Crippen molar-refractivity contribution < 1.29 is 0 Å². The van der Waals surface area contributed by atoms with E-state index in [1.807, 2.05) is 86.9 Å². The number of benzene rings is 12. The molecule has 6 heteroatoms. The number of pyridine rings is 4. The third-order valence-corrected chi connectivity index (χ3v) is 17.7. The molecule has 0 unspecified atom stereocenters. The second kappa shape index (κ2) is 28.7. The Labute approximate surface area is 571 Å². The first-order valence-corrected chi connectivity index (χ1v) is 33.1. The zero-order chi connectivity index (χ0) is 65.2. The molecular weight excluding hydrogens is 1210 g/mol. The fourth-order valence-electron chi connectivity index (χ4n) is 12.6. The lowest BCUT2D eigenvalue weighted by Crippen LogP contribution is -1.90. The van der Waals surface area contributed by atoms with Crippen LogP contribution >= 0.6 is 23.2 Å². The summed E-state index contributed by atoms with van der Waals surface area (Å²) in [5, 5.41) is 3.68. The van der Waals surface area contributed by atoms with Crippen molar-refractivity contribution in [2.24, 2.45) is 0 Å².